The fraction of sp³-hybridized carbons (Fsp3) is 0.259. The number of aryl methyl sites for hydroxylation is 1. The van der Waals surface area contributed by atoms with Gasteiger partial charge >= 0.3 is 0 Å². The Bertz CT molecular complexity index is 1310. The van der Waals surface area contributed by atoms with E-state index >= 15 is 0 Å². The first-order valence-electron chi connectivity index (χ1n) is 11.3. The summed E-state index contributed by atoms with van der Waals surface area (Å²) in [6.45, 7) is 2.46. The van der Waals surface area contributed by atoms with Crippen LogP contribution in [0.5, 0.6) is 5.75 Å². The molecule has 0 aliphatic heterocycles. The van der Waals surface area contributed by atoms with Crippen LogP contribution in [-0.2, 0) is 22.9 Å². The van der Waals surface area contributed by atoms with E-state index in [0.717, 1.165) is 52.7 Å². The molecular formula is C27H30N2O3S. The van der Waals surface area contributed by atoms with Crippen molar-refractivity contribution in [1.29, 1.82) is 0 Å². The molecule has 0 saturated carbocycles. The molecule has 1 heterocycles. The predicted octanol–water partition coefficient (Wildman–Crippen LogP) is 5.71. The van der Waals surface area contributed by atoms with E-state index in [1.54, 1.807) is 19.2 Å². The van der Waals surface area contributed by atoms with Crippen molar-refractivity contribution in [2.75, 3.05) is 13.7 Å². The Kier molecular flexibility index (Phi) is 7.16. The summed E-state index contributed by atoms with van der Waals surface area (Å²) in [5, 5.41) is 1.10. The van der Waals surface area contributed by atoms with Crippen LogP contribution in [0, 0.1) is 0 Å². The second-order valence-electron chi connectivity index (χ2n) is 8.15. The van der Waals surface area contributed by atoms with Gasteiger partial charge < -0.3 is 9.72 Å². The quantitative estimate of drug-likeness (QED) is 0.317. The van der Waals surface area contributed by atoms with Gasteiger partial charge in [-0.2, -0.15) is 0 Å². The molecule has 0 spiro atoms. The first-order valence-corrected chi connectivity index (χ1v) is 12.8. The van der Waals surface area contributed by atoms with Crippen LogP contribution in [0.4, 0.5) is 0 Å². The third kappa shape index (κ3) is 5.29. The number of benzene rings is 3. The molecule has 6 heteroatoms. The normalized spacial score (nSPS) is 11.7. The molecule has 0 fully saturated rings. The largest absolute Gasteiger partial charge is 0.497 e. The molecule has 172 valence electrons. The summed E-state index contributed by atoms with van der Waals surface area (Å²) in [6, 6.07) is 23.2. The second kappa shape index (κ2) is 10.2. The molecular weight excluding hydrogens is 432 g/mol. The minimum absolute atomic E-state index is 0.303. The maximum Gasteiger partial charge on any atom is 0.240 e. The van der Waals surface area contributed by atoms with Gasteiger partial charge in [-0.1, -0.05) is 43.7 Å². The minimum atomic E-state index is -3.57. The van der Waals surface area contributed by atoms with E-state index in [1.807, 2.05) is 54.6 Å². The van der Waals surface area contributed by atoms with Crippen molar-refractivity contribution >= 4 is 20.9 Å². The number of hydrogen-bond acceptors (Lipinski definition) is 3. The summed E-state index contributed by atoms with van der Waals surface area (Å²) >= 11 is 0. The highest BCUT2D eigenvalue weighted by Gasteiger charge is 2.16. The zero-order valence-corrected chi connectivity index (χ0v) is 19.9. The number of hydrogen-bond donors (Lipinski definition) is 2. The van der Waals surface area contributed by atoms with E-state index < -0.39 is 10.0 Å². The molecule has 33 heavy (non-hydrogen) atoms. The maximum atomic E-state index is 12.8. The number of fused-ring (bicyclic) bond motifs is 1. The number of rotatable bonds is 10. The number of para-hydroxylation sites is 1. The molecule has 0 saturated heterocycles. The molecule has 1 aromatic heterocycles. The molecule has 0 atom stereocenters. The monoisotopic (exact) mass is 462 g/mol. The Morgan fingerprint density at radius 1 is 0.909 bits per heavy atom. The summed E-state index contributed by atoms with van der Waals surface area (Å²) in [7, 11) is -1.92. The summed E-state index contributed by atoms with van der Waals surface area (Å²) in [5.41, 5.74) is 5.32. The zero-order valence-electron chi connectivity index (χ0n) is 19.1. The number of H-pyrrole nitrogens is 1. The lowest BCUT2D eigenvalue weighted by Gasteiger charge is -2.10. The fourth-order valence-corrected chi connectivity index (χ4v) is 5.11. The van der Waals surface area contributed by atoms with Crippen molar-refractivity contribution in [3.63, 3.8) is 0 Å². The van der Waals surface area contributed by atoms with Gasteiger partial charge in [-0.3, -0.25) is 0 Å². The molecule has 2 N–H and O–H groups in total. The molecule has 0 bridgehead atoms. The van der Waals surface area contributed by atoms with Crippen LogP contribution in [0.3, 0.4) is 0 Å². The lowest BCUT2D eigenvalue weighted by Crippen LogP contribution is -2.26. The average molecular weight is 463 g/mol. The smallest absolute Gasteiger partial charge is 0.240 e. The van der Waals surface area contributed by atoms with E-state index in [0.29, 0.717) is 17.9 Å². The van der Waals surface area contributed by atoms with Gasteiger partial charge in [-0.15, -0.1) is 0 Å². The Balaban J connectivity index is 1.53. The Hall–Kier alpha value is -3.09. The van der Waals surface area contributed by atoms with E-state index in [1.165, 1.54) is 5.56 Å². The summed E-state index contributed by atoms with van der Waals surface area (Å²) in [5.74, 6) is 0.796. The predicted molar refractivity (Wildman–Crippen MR) is 134 cm³/mol. The van der Waals surface area contributed by atoms with E-state index in [2.05, 4.69) is 22.7 Å². The number of aromatic amines is 1. The van der Waals surface area contributed by atoms with Crippen molar-refractivity contribution < 1.29 is 13.2 Å². The van der Waals surface area contributed by atoms with Crippen LogP contribution in [0.15, 0.2) is 77.7 Å². The van der Waals surface area contributed by atoms with E-state index in [-0.39, 0.29) is 0 Å². The van der Waals surface area contributed by atoms with Gasteiger partial charge in [-0.05, 0) is 78.4 Å². The van der Waals surface area contributed by atoms with Crippen molar-refractivity contribution in [1.82, 2.24) is 9.71 Å². The fourth-order valence-electron chi connectivity index (χ4n) is 4.07. The highest BCUT2D eigenvalue weighted by atomic mass is 32.2. The first kappa shape index (κ1) is 23.1. The highest BCUT2D eigenvalue weighted by Crippen LogP contribution is 2.31. The van der Waals surface area contributed by atoms with Crippen LogP contribution in [0.25, 0.3) is 22.2 Å². The van der Waals surface area contributed by atoms with Crippen LogP contribution >= 0.6 is 0 Å². The number of aromatic nitrogens is 1. The van der Waals surface area contributed by atoms with Crippen molar-refractivity contribution in [3.8, 4) is 17.0 Å². The molecule has 5 nitrogen and oxygen atoms in total. The standard InChI is InChI=1S/C27H30N2O3S/c1-3-4-7-20-10-16-23(17-11-20)33(30,31)28-19-18-25-24-8-5-6-9-26(24)29-27(25)21-12-14-22(32-2)15-13-21/h5-6,8-17,28-29H,3-4,7,18-19H2,1-2H3. The Labute approximate surface area is 195 Å². The van der Waals surface area contributed by atoms with Gasteiger partial charge in [0.25, 0.3) is 0 Å². The van der Waals surface area contributed by atoms with Gasteiger partial charge in [0.2, 0.25) is 10.0 Å². The molecule has 0 aliphatic carbocycles. The average Bonchev–Trinajstić information content (AvgIpc) is 3.21. The number of methoxy groups -OCH3 is 1. The van der Waals surface area contributed by atoms with Gasteiger partial charge in [0.15, 0.2) is 0 Å². The second-order valence-corrected chi connectivity index (χ2v) is 9.91. The third-order valence-electron chi connectivity index (χ3n) is 5.91. The Morgan fingerprint density at radius 2 is 1.64 bits per heavy atom. The van der Waals surface area contributed by atoms with Crippen molar-refractivity contribution in [2.45, 2.75) is 37.5 Å². The summed E-state index contributed by atoms with van der Waals surface area (Å²) < 4.78 is 33.7. The molecule has 4 aromatic rings. The van der Waals surface area contributed by atoms with Crippen LogP contribution < -0.4 is 9.46 Å². The first-order chi connectivity index (χ1) is 16.0. The SMILES string of the molecule is CCCCc1ccc(S(=O)(=O)NCCc2c(-c3ccc(OC)cc3)[nH]c3ccccc23)cc1. The molecule has 0 radical (unpaired) electrons. The molecule has 0 aliphatic rings. The van der Waals surface area contributed by atoms with Gasteiger partial charge in [0.05, 0.1) is 12.0 Å². The molecule has 4 rings (SSSR count). The number of nitrogens with one attached hydrogen (secondary N) is 2. The highest BCUT2D eigenvalue weighted by molar-refractivity contribution is 7.89. The Morgan fingerprint density at radius 3 is 2.33 bits per heavy atom. The lowest BCUT2D eigenvalue weighted by atomic mass is 10.0. The van der Waals surface area contributed by atoms with Crippen LogP contribution in [0.2, 0.25) is 0 Å². The minimum Gasteiger partial charge on any atom is -0.497 e. The molecule has 0 unspecified atom stereocenters. The topological polar surface area (TPSA) is 71.2 Å². The van der Waals surface area contributed by atoms with Gasteiger partial charge in [-0.25, -0.2) is 13.1 Å². The summed E-state index contributed by atoms with van der Waals surface area (Å²) in [6.07, 6.45) is 3.76. The molecule has 3 aromatic carbocycles. The van der Waals surface area contributed by atoms with Crippen molar-refractivity contribution in [2.24, 2.45) is 0 Å². The molecule has 0 amide bonds. The van der Waals surface area contributed by atoms with Gasteiger partial charge in [0, 0.05) is 23.1 Å². The third-order valence-corrected chi connectivity index (χ3v) is 7.39. The number of sulfonamides is 1. The van der Waals surface area contributed by atoms with E-state index in [4.69, 9.17) is 4.74 Å². The summed E-state index contributed by atoms with van der Waals surface area (Å²) in [4.78, 5) is 3.81. The number of unbranched alkanes of at least 4 members (excludes halogenated alkanes) is 1. The number of ether oxygens (including phenoxy) is 1. The van der Waals surface area contributed by atoms with Gasteiger partial charge in [0.1, 0.15) is 5.75 Å². The van der Waals surface area contributed by atoms with Crippen LogP contribution in [0.1, 0.15) is 30.9 Å². The van der Waals surface area contributed by atoms with Crippen LogP contribution in [-0.4, -0.2) is 27.1 Å². The van der Waals surface area contributed by atoms with E-state index in [9.17, 15) is 8.42 Å². The van der Waals surface area contributed by atoms with Crippen molar-refractivity contribution in [3.05, 3.63) is 83.9 Å². The lowest BCUT2D eigenvalue weighted by molar-refractivity contribution is 0.415. The maximum absolute atomic E-state index is 12.8. The zero-order chi connectivity index (χ0) is 23.3.